The molecule has 1 aliphatic heterocycles. The molecule has 0 spiro atoms. The Balaban J connectivity index is 1.40. The van der Waals surface area contributed by atoms with Crippen LogP contribution in [0.5, 0.6) is 5.75 Å². The van der Waals surface area contributed by atoms with Crippen molar-refractivity contribution in [2.45, 2.75) is 19.3 Å². The first-order chi connectivity index (χ1) is 14.6. The number of nitrogens with zero attached hydrogens (tertiary/aromatic N) is 5. The lowest BCUT2D eigenvalue weighted by atomic mass is 10.1. The van der Waals surface area contributed by atoms with E-state index in [4.69, 9.17) is 25.6 Å². The molecule has 0 N–H and O–H groups in total. The maximum absolute atomic E-state index is 14.0. The number of hydrogen-bond donors (Lipinski definition) is 0. The highest BCUT2D eigenvalue weighted by Gasteiger charge is 2.28. The average Bonchev–Trinajstić information content (AvgIpc) is 3.41. The van der Waals surface area contributed by atoms with Crippen LogP contribution in [-0.2, 0) is 17.9 Å². The van der Waals surface area contributed by atoms with Crippen molar-refractivity contribution in [1.82, 2.24) is 25.1 Å². The number of aromatic nitrogens is 5. The van der Waals surface area contributed by atoms with Crippen LogP contribution < -0.4 is 4.74 Å². The largest absolute Gasteiger partial charge is 0.494 e. The summed E-state index contributed by atoms with van der Waals surface area (Å²) in [5, 5.41) is 13.0. The second kappa shape index (κ2) is 7.51. The monoisotopic (exact) mass is 427 g/mol. The molecule has 0 aliphatic carbocycles. The van der Waals surface area contributed by atoms with Crippen LogP contribution in [0.1, 0.15) is 17.4 Å². The molecule has 8 nitrogen and oxygen atoms in total. The van der Waals surface area contributed by atoms with E-state index in [0.29, 0.717) is 22.8 Å². The van der Waals surface area contributed by atoms with Gasteiger partial charge >= 0.3 is 0 Å². The van der Waals surface area contributed by atoms with Gasteiger partial charge < -0.3 is 14.0 Å². The van der Waals surface area contributed by atoms with E-state index >= 15 is 0 Å². The Hall–Kier alpha value is -3.30. The summed E-state index contributed by atoms with van der Waals surface area (Å²) in [5.74, 6) is 0.0614. The number of rotatable bonds is 4. The molecule has 4 aromatic rings. The second-order valence-electron chi connectivity index (χ2n) is 6.69. The Bertz CT molecular complexity index is 1210. The molecule has 1 atom stereocenters. The van der Waals surface area contributed by atoms with Gasteiger partial charge in [0.2, 0.25) is 5.82 Å². The topological polar surface area (TPSA) is 88.1 Å². The van der Waals surface area contributed by atoms with Crippen molar-refractivity contribution < 1.29 is 18.4 Å². The SMILES string of the molecule is COc1ccc(-c2noc(-c3nnn4c3COC(c3ccc(Cl)cc3)C4)n2)cc1F. The summed E-state index contributed by atoms with van der Waals surface area (Å²) in [5.41, 5.74) is 2.64. The molecule has 2 aromatic carbocycles. The Labute approximate surface area is 175 Å². The first-order valence-electron chi connectivity index (χ1n) is 9.10. The van der Waals surface area contributed by atoms with Crippen LogP contribution in [0.4, 0.5) is 4.39 Å². The lowest BCUT2D eigenvalue weighted by Gasteiger charge is -2.24. The third kappa shape index (κ3) is 3.31. The minimum Gasteiger partial charge on any atom is -0.494 e. The highest BCUT2D eigenvalue weighted by Crippen LogP contribution is 2.32. The van der Waals surface area contributed by atoms with E-state index in [2.05, 4.69) is 20.5 Å². The molecular weight excluding hydrogens is 413 g/mol. The number of fused-ring (bicyclic) bond motifs is 1. The summed E-state index contributed by atoms with van der Waals surface area (Å²) in [7, 11) is 1.40. The van der Waals surface area contributed by atoms with Gasteiger partial charge in [-0.2, -0.15) is 4.98 Å². The Morgan fingerprint density at radius 1 is 1.20 bits per heavy atom. The van der Waals surface area contributed by atoms with Crippen LogP contribution in [0.2, 0.25) is 5.02 Å². The molecule has 30 heavy (non-hydrogen) atoms. The van der Waals surface area contributed by atoms with Crippen molar-refractivity contribution in [3.63, 3.8) is 0 Å². The molecule has 0 amide bonds. The maximum atomic E-state index is 14.0. The van der Waals surface area contributed by atoms with Gasteiger partial charge in [-0.3, -0.25) is 0 Å². The molecule has 152 valence electrons. The van der Waals surface area contributed by atoms with E-state index < -0.39 is 5.82 Å². The molecule has 10 heteroatoms. The summed E-state index contributed by atoms with van der Waals surface area (Å²) < 4.78 is 32.0. The van der Waals surface area contributed by atoms with Crippen LogP contribution in [0.3, 0.4) is 0 Å². The summed E-state index contributed by atoms with van der Waals surface area (Å²) in [6, 6.07) is 11.9. The minimum absolute atomic E-state index is 0.141. The number of hydrogen-bond acceptors (Lipinski definition) is 7. The third-order valence-corrected chi connectivity index (χ3v) is 5.13. The van der Waals surface area contributed by atoms with Crippen LogP contribution >= 0.6 is 11.6 Å². The lowest BCUT2D eigenvalue weighted by Crippen LogP contribution is -2.22. The van der Waals surface area contributed by atoms with E-state index in [1.54, 1.807) is 10.7 Å². The fourth-order valence-corrected chi connectivity index (χ4v) is 3.43. The minimum atomic E-state index is -0.510. The third-order valence-electron chi connectivity index (χ3n) is 4.88. The number of ether oxygens (including phenoxy) is 2. The fraction of sp³-hybridized carbons (Fsp3) is 0.200. The Morgan fingerprint density at radius 2 is 2.03 bits per heavy atom. The number of halogens is 2. The molecule has 3 heterocycles. The van der Waals surface area contributed by atoms with E-state index in [1.807, 2.05) is 24.3 Å². The van der Waals surface area contributed by atoms with Gasteiger partial charge in [0.1, 0.15) is 6.10 Å². The maximum Gasteiger partial charge on any atom is 0.280 e. The predicted molar refractivity (Wildman–Crippen MR) is 104 cm³/mol. The van der Waals surface area contributed by atoms with Gasteiger partial charge in [0.25, 0.3) is 5.89 Å². The second-order valence-corrected chi connectivity index (χ2v) is 7.13. The zero-order valence-corrected chi connectivity index (χ0v) is 16.5. The van der Waals surface area contributed by atoms with E-state index in [0.717, 1.165) is 11.3 Å². The van der Waals surface area contributed by atoms with Crippen LogP contribution in [-0.4, -0.2) is 32.2 Å². The number of benzene rings is 2. The molecule has 5 rings (SSSR count). The van der Waals surface area contributed by atoms with E-state index in [1.165, 1.54) is 19.2 Å². The summed E-state index contributed by atoms with van der Waals surface area (Å²) in [6.07, 6.45) is -0.162. The van der Waals surface area contributed by atoms with Crippen molar-refractivity contribution in [3.8, 4) is 28.7 Å². The molecule has 2 aromatic heterocycles. The van der Waals surface area contributed by atoms with Crippen molar-refractivity contribution in [2.24, 2.45) is 0 Å². The first kappa shape index (κ1) is 18.7. The van der Waals surface area contributed by atoms with E-state index in [9.17, 15) is 4.39 Å². The average molecular weight is 428 g/mol. The summed E-state index contributed by atoms with van der Waals surface area (Å²) in [4.78, 5) is 4.34. The van der Waals surface area contributed by atoms with Gasteiger partial charge in [-0.05, 0) is 35.9 Å². The Kier molecular flexibility index (Phi) is 4.68. The zero-order chi connectivity index (χ0) is 20.7. The lowest BCUT2D eigenvalue weighted by molar-refractivity contribution is -0.00117. The van der Waals surface area contributed by atoms with Gasteiger partial charge in [0.15, 0.2) is 17.3 Å². The van der Waals surface area contributed by atoms with Gasteiger partial charge in [0.05, 0.1) is 26.0 Å². The van der Waals surface area contributed by atoms with Gasteiger partial charge in [0, 0.05) is 10.6 Å². The molecule has 0 saturated heterocycles. The number of methoxy groups -OCH3 is 1. The molecule has 0 fully saturated rings. The molecule has 1 aliphatic rings. The molecule has 0 radical (unpaired) electrons. The summed E-state index contributed by atoms with van der Waals surface area (Å²) in [6.45, 7) is 0.777. The Morgan fingerprint density at radius 3 is 2.80 bits per heavy atom. The highest BCUT2D eigenvalue weighted by atomic mass is 35.5. The van der Waals surface area contributed by atoms with Crippen molar-refractivity contribution >= 4 is 11.6 Å². The molecular formula is C20H15ClFN5O3. The quantitative estimate of drug-likeness (QED) is 0.485. The van der Waals surface area contributed by atoms with Crippen LogP contribution in [0.25, 0.3) is 23.0 Å². The summed E-state index contributed by atoms with van der Waals surface area (Å²) >= 11 is 5.95. The highest BCUT2D eigenvalue weighted by molar-refractivity contribution is 6.30. The van der Waals surface area contributed by atoms with Crippen molar-refractivity contribution in [1.29, 1.82) is 0 Å². The van der Waals surface area contributed by atoms with Gasteiger partial charge in [-0.1, -0.05) is 34.1 Å². The first-order valence-corrected chi connectivity index (χ1v) is 9.47. The standard InChI is InChI=1S/C20H15ClFN5O3/c1-28-16-7-4-12(8-14(16)22)19-23-20(30-25-19)18-15-10-29-17(9-27(15)26-24-18)11-2-5-13(21)6-3-11/h2-8,17H,9-10H2,1H3. The van der Waals surface area contributed by atoms with E-state index in [-0.39, 0.29) is 30.2 Å². The molecule has 0 saturated carbocycles. The predicted octanol–water partition coefficient (Wildman–Crippen LogP) is 4.07. The zero-order valence-electron chi connectivity index (χ0n) is 15.7. The fourth-order valence-electron chi connectivity index (χ4n) is 3.30. The van der Waals surface area contributed by atoms with Crippen LogP contribution in [0, 0.1) is 5.82 Å². The van der Waals surface area contributed by atoms with Crippen LogP contribution in [0.15, 0.2) is 47.0 Å². The van der Waals surface area contributed by atoms with Gasteiger partial charge in [-0.15, -0.1) is 5.10 Å². The molecule has 0 bridgehead atoms. The van der Waals surface area contributed by atoms with Crippen molar-refractivity contribution in [2.75, 3.05) is 7.11 Å². The van der Waals surface area contributed by atoms with Gasteiger partial charge in [-0.25, -0.2) is 9.07 Å². The van der Waals surface area contributed by atoms with Crippen molar-refractivity contribution in [3.05, 3.63) is 64.6 Å². The normalized spacial score (nSPS) is 15.8. The molecule has 1 unspecified atom stereocenters. The smallest absolute Gasteiger partial charge is 0.280 e.